The minimum Gasteiger partial charge on any atom is -0.296 e. The van der Waals surface area contributed by atoms with E-state index in [0.29, 0.717) is 0 Å². The summed E-state index contributed by atoms with van der Waals surface area (Å²) in [5.74, 6) is 4.23. The Kier molecular flexibility index (Phi) is 3.34. The van der Waals surface area contributed by atoms with Crippen molar-refractivity contribution < 1.29 is 0 Å². The first-order valence-corrected chi connectivity index (χ1v) is 8.61. The van der Waals surface area contributed by atoms with Gasteiger partial charge in [-0.2, -0.15) is 0 Å². The number of piperidine rings is 1. The summed E-state index contributed by atoms with van der Waals surface area (Å²) in [7, 11) is 0. The number of fused-ring (bicyclic) bond motifs is 1. The molecule has 1 saturated heterocycles. The van der Waals surface area contributed by atoms with Gasteiger partial charge < -0.3 is 0 Å². The van der Waals surface area contributed by atoms with Crippen LogP contribution in [0.5, 0.6) is 0 Å². The highest BCUT2D eigenvalue weighted by atomic mass is 15.2. The van der Waals surface area contributed by atoms with Crippen molar-refractivity contribution >= 4 is 0 Å². The van der Waals surface area contributed by atoms with Gasteiger partial charge in [-0.15, -0.1) is 0 Å². The summed E-state index contributed by atoms with van der Waals surface area (Å²) < 4.78 is 0. The van der Waals surface area contributed by atoms with Crippen LogP contribution in [0.1, 0.15) is 44.6 Å². The van der Waals surface area contributed by atoms with Crippen LogP contribution in [0, 0.1) is 23.7 Å². The minimum absolute atomic E-state index is 0.812. The molecule has 1 aliphatic heterocycles. The van der Waals surface area contributed by atoms with Gasteiger partial charge in [-0.05, 0) is 42.6 Å². The minimum atomic E-state index is 0.812. The molecule has 108 valence electrons. The molecule has 1 aromatic rings. The van der Waals surface area contributed by atoms with E-state index in [1.165, 1.54) is 37.8 Å². The highest BCUT2D eigenvalue weighted by Crippen LogP contribution is 2.59. The lowest BCUT2D eigenvalue weighted by molar-refractivity contribution is 0.200. The molecule has 20 heavy (non-hydrogen) atoms. The molecule has 3 aliphatic rings. The molecule has 0 amide bonds. The molecule has 4 atom stereocenters. The first kappa shape index (κ1) is 12.9. The lowest BCUT2D eigenvalue weighted by Gasteiger charge is -2.26. The van der Waals surface area contributed by atoms with Crippen LogP contribution in [0.2, 0.25) is 0 Å². The average molecular weight is 269 g/mol. The molecule has 4 rings (SSSR count). The Morgan fingerprint density at radius 2 is 1.85 bits per heavy atom. The van der Waals surface area contributed by atoms with Gasteiger partial charge in [0.15, 0.2) is 0 Å². The molecule has 4 unspecified atom stereocenters. The van der Waals surface area contributed by atoms with Crippen molar-refractivity contribution in [1.29, 1.82) is 0 Å². The predicted octanol–water partition coefficient (Wildman–Crippen LogP) is 4.33. The van der Waals surface area contributed by atoms with Gasteiger partial charge in [0.1, 0.15) is 0 Å². The third-order valence-electron chi connectivity index (χ3n) is 6.28. The van der Waals surface area contributed by atoms with Crippen LogP contribution < -0.4 is 0 Å². The second kappa shape index (κ2) is 5.18. The quantitative estimate of drug-likeness (QED) is 0.786. The van der Waals surface area contributed by atoms with Crippen molar-refractivity contribution in [1.82, 2.24) is 4.90 Å². The standard InChI is InChI=1S/C19H27N/c1-14-19-17(11-15-7-5-6-8-15)18(19)13-20(14)12-16-9-3-2-4-10-16/h2-4,9-10,14-15,17-19H,5-8,11-13H2,1H3. The molecule has 0 radical (unpaired) electrons. The lowest BCUT2D eigenvalue weighted by atomic mass is 9.97. The Balaban J connectivity index is 1.32. The first-order chi connectivity index (χ1) is 9.83. The van der Waals surface area contributed by atoms with Crippen molar-refractivity contribution in [3.05, 3.63) is 35.9 Å². The Bertz CT molecular complexity index is 448. The Hall–Kier alpha value is -0.820. The maximum absolute atomic E-state index is 2.72. The van der Waals surface area contributed by atoms with E-state index in [4.69, 9.17) is 0 Å². The van der Waals surface area contributed by atoms with Gasteiger partial charge in [0.2, 0.25) is 0 Å². The van der Waals surface area contributed by atoms with E-state index in [2.05, 4.69) is 42.2 Å². The normalized spacial score (nSPS) is 37.2. The highest BCUT2D eigenvalue weighted by molar-refractivity contribution is 5.17. The zero-order valence-electron chi connectivity index (χ0n) is 12.7. The third-order valence-corrected chi connectivity index (χ3v) is 6.28. The Labute approximate surface area is 123 Å². The molecule has 1 aromatic carbocycles. The second-order valence-corrected chi connectivity index (χ2v) is 7.45. The van der Waals surface area contributed by atoms with Gasteiger partial charge in [-0.25, -0.2) is 0 Å². The summed E-state index contributed by atoms with van der Waals surface area (Å²) in [6, 6.07) is 11.8. The molecule has 2 aliphatic carbocycles. The summed E-state index contributed by atoms with van der Waals surface area (Å²) in [5, 5.41) is 0. The summed E-state index contributed by atoms with van der Waals surface area (Å²) in [4.78, 5) is 2.72. The molecule has 2 saturated carbocycles. The maximum atomic E-state index is 2.72. The van der Waals surface area contributed by atoms with Gasteiger partial charge in [-0.1, -0.05) is 56.0 Å². The lowest BCUT2D eigenvalue weighted by Crippen LogP contribution is -2.32. The van der Waals surface area contributed by atoms with Crippen molar-refractivity contribution in [2.45, 2.75) is 51.6 Å². The van der Waals surface area contributed by atoms with E-state index in [-0.39, 0.29) is 0 Å². The fraction of sp³-hybridized carbons (Fsp3) is 0.684. The maximum Gasteiger partial charge on any atom is 0.0236 e. The van der Waals surface area contributed by atoms with Crippen molar-refractivity contribution in [2.75, 3.05) is 6.54 Å². The monoisotopic (exact) mass is 269 g/mol. The van der Waals surface area contributed by atoms with E-state index in [0.717, 1.165) is 36.3 Å². The molecule has 0 spiro atoms. The van der Waals surface area contributed by atoms with Crippen molar-refractivity contribution in [3.8, 4) is 0 Å². The Morgan fingerprint density at radius 3 is 2.50 bits per heavy atom. The fourth-order valence-corrected chi connectivity index (χ4v) is 5.12. The smallest absolute Gasteiger partial charge is 0.0236 e. The van der Waals surface area contributed by atoms with Crippen LogP contribution in [0.3, 0.4) is 0 Å². The summed E-state index contributed by atoms with van der Waals surface area (Å²) in [6.45, 7) is 4.99. The topological polar surface area (TPSA) is 3.24 Å². The van der Waals surface area contributed by atoms with Gasteiger partial charge in [0.25, 0.3) is 0 Å². The van der Waals surface area contributed by atoms with E-state index in [1.807, 2.05) is 0 Å². The molecule has 0 bridgehead atoms. The molecule has 3 fully saturated rings. The number of hydrogen-bond donors (Lipinski definition) is 0. The first-order valence-electron chi connectivity index (χ1n) is 8.61. The van der Waals surface area contributed by atoms with Crippen molar-refractivity contribution in [3.63, 3.8) is 0 Å². The number of benzene rings is 1. The largest absolute Gasteiger partial charge is 0.296 e. The summed E-state index contributed by atoms with van der Waals surface area (Å²) in [6.07, 6.45) is 7.61. The molecular formula is C19H27N. The molecule has 1 heteroatoms. The summed E-state index contributed by atoms with van der Waals surface area (Å²) in [5.41, 5.74) is 1.48. The molecular weight excluding hydrogens is 242 g/mol. The Morgan fingerprint density at radius 1 is 1.10 bits per heavy atom. The zero-order valence-corrected chi connectivity index (χ0v) is 12.7. The van der Waals surface area contributed by atoms with E-state index in [9.17, 15) is 0 Å². The van der Waals surface area contributed by atoms with E-state index >= 15 is 0 Å². The van der Waals surface area contributed by atoms with E-state index in [1.54, 1.807) is 6.42 Å². The van der Waals surface area contributed by atoms with Crippen LogP contribution in [0.4, 0.5) is 0 Å². The molecule has 0 N–H and O–H groups in total. The fourth-order valence-electron chi connectivity index (χ4n) is 5.12. The van der Waals surface area contributed by atoms with Crippen LogP contribution in [0.15, 0.2) is 30.3 Å². The number of hydrogen-bond acceptors (Lipinski definition) is 1. The van der Waals surface area contributed by atoms with Gasteiger partial charge in [0.05, 0.1) is 0 Å². The average Bonchev–Trinajstić information content (AvgIpc) is 2.79. The van der Waals surface area contributed by atoms with Crippen LogP contribution in [-0.4, -0.2) is 17.5 Å². The predicted molar refractivity (Wildman–Crippen MR) is 83.4 cm³/mol. The number of likely N-dealkylation sites (tertiary alicyclic amines) is 1. The van der Waals surface area contributed by atoms with Gasteiger partial charge in [-0.3, -0.25) is 4.90 Å². The molecule has 1 nitrogen and oxygen atoms in total. The number of nitrogens with zero attached hydrogens (tertiary/aromatic N) is 1. The third kappa shape index (κ3) is 2.30. The summed E-state index contributed by atoms with van der Waals surface area (Å²) >= 11 is 0. The zero-order chi connectivity index (χ0) is 13.5. The van der Waals surface area contributed by atoms with Gasteiger partial charge >= 0.3 is 0 Å². The number of rotatable bonds is 4. The van der Waals surface area contributed by atoms with Crippen LogP contribution in [0.25, 0.3) is 0 Å². The van der Waals surface area contributed by atoms with Crippen LogP contribution in [-0.2, 0) is 6.54 Å². The highest BCUT2D eigenvalue weighted by Gasteiger charge is 2.59. The van der Waals surface area contributed by atoms with Gasteiger partial charge in [0, 0.05) is 19.1 Å². The van der Waals surface area contributed by atoms with Crippen molar-refractivity contribution in [2.24, 2.45) is 23.7 Å². The SMILES string of the molecule is CC1C2C(CC3CCCC3)C2CN1Cc1ccccc1. The van der Waals surface area contributed by atoms with Crippen LogP contribution >= 0.6 is 0 Å². The molecule has 1 heterocycles. The van der Waals surface area contributed by atoms with E-state index < -0.39 is 0 Å². The molecule has 0 aromatic heterocycles. The second-order valence-electron chi connectivity index (χ2n) is 7.45.